The molecule has 0 unspecified atom stereocenters. The second kappa shape index (κ2) is 6.37. The lowest BCUT2D eigenvalue weighted by atomic mass is 9.95. The maximum Gasteiger partial charge on any atom is 0.262 e. The fraction of sp³-hybridized carbons (Fsp3) is 0.556. The Kier molecular flexibility index (Phi) is 4.53. The van der Waals surface area contributed by atoms with Crippen molar-refractivity contribution in [3.8, 4) is 0 Å². The van der Waals surface area contributed by atoms with Gasteiger partial charge in [0.15, 0.2) is 0 Å². The van der Waals surface area contributed by atoms with Crippen molar-refractivity contribution in [3.05, 3.63) is 22.0 Å². The van der Waals surface area contributed by atoms with E-state index in [4.69, 9.17) is 0 Å². The van der Waals surface area contributed by atoms with Gasteiger partial charge in [0.25, 0.3) is 5.91 Å². The van der Waals surface area contributed by atoms with E-state index in [1.807, 2.05) is 13.8 Å². The number of hydrogen-bond donors (Lipinski definition) is 2. The van der Waals surface area contributed by atoms with Crippen LogP contribution >= 0.6 is 11.3 Å². The standard InChI is InChI=1S/C18H24N4O2S/c1-9-13-10(2)20-17(18(3,4)5)22-16(13)25-14(9)15(24)19-8-12(23)21-11-6-7-11/h11H,6-8H2,1-5H3,(H,19,24)(H,21,23). The van der Waals surface area contributed by atoms with Crippen molar-refractivity contribution in [2.75, 3.05) is 6.54 Å². The molecule has 0 saturated heterocycles. The van der Waals surface area contributed by atoms with Gasteiger partial charge in [-0.1, -0.05) is 20.8 Å². The molecule has 2 amide bonds. The molecular weight excluding hydrogens is 336 g/mol. The molecule has 1 fully saturated rings. The number of carbonyl (C=O) groups is 2. The third-order valence-electron chi connectivity index (χ3n) is 4.20. The summed E-state index contributed by atoms with van der Waals surface area (Å²) < 4.78 is 0. The molecule has 2 N–H and O–H groups in total. The van der Waals surface area contributed by atoms with Crippen LogP contribution in [0.5, 0.6) is 0 Å². The minimum Gasteiger partial charge on any atom is -0.352 e. The lowest BCUT2D eigenvalue weighted by molar-refractivity contribution is -0.120. The maximum absolute atomic E-state index is 12.5. The van der Waals surface area contributed by atoms with Crippen LogP contribution in [-0.2, 0) is 10.2 Å². The van der Waals surface area contributed by atoms with E-state index < -0.39 is 0 Å². The molecular formula is C18H24N4O2S. The highest BCUT2D eigenvalue weighted by atomic mass is 32.1. The summed E-state index contributed by atoms with van der Waals surface area (Å²) in [4.78, 5) is 35.0. The van der Waals surface area contributed by atoms with Gasteiger partial charge in [-0.05, 0) is 32.3 Å². The first kappa shape index (κ1) is 17.8. The summed E-state index contributed by atoms with van der Waals surface area (Å²) in [5.41, 5.74) is 1.60. The van der Waals surface area contributed by atoms with E-state index in [0.717, 1.165) is 40.1 Å². The van der Waals surface area contributed by atoms with E-state index in [9.17, 15) is 9.59 Å². The normalized spacial score (nSPS) is 14.6. The topological polar surface area (TPSA) is 84.0 Å². The average Bonchev–Trinajstić information content (AvgIpc) is 3.25. The second-order valence-electron chi connectivity index (χ2n) is 7.64. The number of aryl methyl sites for hydroxylation is 2. The number of fused-ring (bicyclic) bond motifs is 1. The number of nitrogens with zero attached hydrogens (tertiary/aromatic N) is 2. The Bertz CT molecular complexity index is 847. The summed E-state index contributed by atoms with van der Waals surface area (Å²) in [6.45, 7) is 10.1. The quantitative estimate of drug-likeness (QED) is 0.878. The van der Waals surface area contributed by atoms with Crippen LogP contribution in [0.4, 0.5) is 0 Å². The first-order valence-electron chi connectivity index (χ1n) is 8.52. The molecule has 0 spiro atoms. The zero-order chi connectivity index (χ0) is 18.4. The number of nitrogens with one attached hydrogen (secondary N) is 2. The lowest BCUT2D eigenvalue weighted by Gasteiger charge is -2.16. The van der Waals surface area contributed by atoms with E-state index >= 15 is 0 Å². The predicted octanol–water partition coefficient (Wildman–Crippen LogP) is 2.61. The number of amides is 2. The molecule has 0 radical (unpaired) electrons. The summed E-state index contributed by atoms with van der Waals surface area (Å²) in [7, 11) is 0. The third kappa shape index (κ3) is 3.81. The van der Waals surface area contributed by atoms with Gasteiger partial charge in [0.1, 0.15) is 10.7 Å². The van der Waals surface area contributed by atoms with E-state index in [0.29, 0.717) is 10.9 Å². The zero-order valence-corrected chi connectivity index (χ0v) is 16.1. The number of aromatic nitrogens is 2. The van der Waals surface area contributed by atoms with Crippen molar-refractivity contribution in [1.82, 2.24) is 20.6 Å². The van der Waals surface area contributed by atoms with E-state index in [1.165, 1.54) is 11.3 Å². The van der Waals surface area contributed by atoms with E-state index in [-0.39, 0.29) is 23.8 Å². The van der Waals surface area contributed by atoms with Gasteiger partial charge in [0.05, 0.1) is 17.1 Å². The van der Waals surface area contributed by atoms with Gasteiger partial charge < -0.3 is 10.6 Å². The second-order valence-corrected chi connectivity index (χ2v) is 8.64. The monoisotopic (exact) mass is 360 g/mol. The van der Waals surface area contributed by atoms with E-state index in [2.05, 4.69) is 41.4 Å². The average molecular weight is 360 g/mol. The van der Waals surface area contributed by atoms with Crippen LogP contribution in [0, 0.1) is 13.8 Å². The van der Waals surface area contributed by atoms with Crippen molar-refractivity contribution < 1.29 is 9.59 Å². The summed E-state index contributed by atoms with van der Waals surface area (Å²) in [5, 5.41) is 6.51. The number of hydrogen-bond acceptors (Lipinski definition) is 5. The highest BCUT2D eigenvalue weighted by Gasteiger charge is 2.25. The van der Waals surface area contributed by atoms with Crippen LogP contribution in [-0.4, -0.2) is 34.4 Å². The minimum absolute atomic E-state index is 0.000913. The summed E-state index contributed by atoms with van der Waals surface area (Å²) >= 11 is 1.36. The molecule has 3 rings (SSSR count). The summed E-state index contributed by atoms with van der Waals surface area (Å²) in [6.07, 6.45) is 2.06. The fourth-order valence-electron chi connectivity index (χ4n) is 2.64. The first-order chi connectivity index (χ1) is 11.7. The number of carbonyl (C=O) groups excluding carboxylic acids is 2. The Morgan fingerprint density at radius 2 is 1.88 bits per heavy atom. The van der Waals surface area contributed by atoms with Crippen molar-refractivity contribution in [3.63, 3.8) is 0 Å². The van der Waals surface area contributed by atoms with Gasteiger partial charge in [-0.2, -0.15) is 0 Å². The third-order valence-corrected chi connectivity index (χ3v) is 5.38. The van der Waals surface area contributed by atoms with E-state index in [1.54, 1.807) is 0 Å². The van der Waals surface area contributed by atoms with Gasteiger partial charge in [-0.15, -0.1) is 11.3 Å². The molecule has 1 aliphatic carbocycles. The van der Waals surface area contributed by atoms with Crippen LogP contribution in [0.3, 0.4) is 0 Å². The van der Waals surface area contributed by atoms with Crippen LogP contribution in [0.15, 0.2) is 0 Å². The molecule has 2 aromatic heterocycles. The van der Waals surface area contributed by atoms with Crippen molar-refractivity contribution in [2.45, 2.75) is 58.9 Å². The van der Waals surface area contributed by atoms with Crippen LogP contribution < -0.4 is 10.6 Å². The molecule has 0 aromatic carbocycles. The first-order valence-corrected chi connectivity index (χ1v) is 9.34. The number of rotatable bonds is 4. The zero-order valence-electron chi connectivity index (χ0n) is 15.3. The van der Waals surface area contributed by atoms with Crippen molar-refractivity contribution in [1.29, 1.82) is 0 Å². The lowest BCUT2D eigenvalue weighted by Crippen LogP contribution is -2.37. The SMILES string of the molecule is Cc1nc(C(C)(C)C)nc2sc(C(=O)NCC(=O)NC3CC3)c(C)c12. The Hall–Kier alpha value is -2.02. The molecule has 7 heteroatoms. The van der Waals surface area contributed by atoms with Crippen LogP contribution in [0.2, 0.25) is 0 Å². The van der Waals surface area contributed by atoms with Gasteiger partial charge in [-0.25, -0.2) is 9.97 Å². The highest BCUT2D eigenvalue weighted by molar-refractivity contribution is 7.20. The largest absolute Gasteiger partial charge is 0.352 e. The minimum atomic E-state index is -0.233. The molecule has 1 aliphatic rings. The molecule has 0 aliphatic heterocycles. The maximum atomic E-state index is 12.5. The summed E-state index contributed by atoms with van der Waals surface area (Å²) in [6, 6.07) is 0.296. The Morgan fingerprint density at radius 3 is 2.48 bits per heavy atom. The molecule has 6 nitrogen and oxygen atoms in total. The Balaban J connectivity index is 1.83. The molecule has 2 heterocycles. The molecule has 25 heavy (non-hydrogen) atoms. The van der Waals surface area contributed by atoms with Gasteiger partial charge in [0, 0.05) is 16.8 Å². The smallest absolute Gasteiger partial charge is 0.262 e. The highest BCUT2D eigenvalue weighted by Crippen LogP contribution is 2.33. The molecule has 0 atom stereocenters. The van der Waals surface area contributed by atoms with Gasteiger partial charge in [-0.3, -0.25) is 9.59 Å². The number of thiophene rings is 1. The fourth-order valence-corrected chi connectivity index (χ4v) is 3.79. The van der Waals surface area contributed by atoms with Crippen molar-refractivity contribution in [2.24, 2.45) is 0 Å². The molecule has 1 saturated carbocycles. The van der Waals surface area contributed by atoms with Gasteiger partial charge in [0.2, 0.25) is 5.91 Å². The van der Waals surface area contributed by atoms with Crippen molar-refractivity contribution >= 4 is 33.4 Å². The van der Waals surface area contributed by atoms with Crippen LogP contribution in [0.1, 0.15) is 60.4 Å². The molecule has 0 bridgehead atoms. The summed E-state index contributed by atoms with van der Waals surface area (Å²) in [5.74, 6) is 0.401. The molecule has 2 aromatic rings. The Morgan fingerprint density at radius 1 is 1.20 bits per heavy atom. The van der Waals surface area contributed by atoms with Gasteiger partial charge >= 0.3 is 0 Å². The Labute approximate surface area is 151 Å². The molecule has 134 valence electrons. The van der Waals surface area contributed by atoms with Crippen LogP contribution in [0.25, 0.3) is 10.2 Å². The predicted molar refractivity (Wildman–Crippen MR) is 99.1 cm³/mol.